The summed E-state index contributed by atoms with van der Waals surface area (Å²) in [5.74, 6) is -0.445. The molecule has 3 aromatic rings. The number of halogens is 1. The summed E-state index contributed by atoms with van der Waals surface area (Å²) in [7, 11) is 3.93. The number of hydrogen-bond donors (Lipinski definition) is 0. The van der Waals surface area contributed by atoms with E-state index in [0.717, 1.165) is 31.5 Å². The van der Waals surface area contributed by atoms with Crippen molar-refractivity contribution in [2.24, 2.45) is 0 Å². The van der Waals surface area contributed by atoms with Crippen LogP contribution >= 0.6 is 0 Å². The fourth-order valence-electron chi connectivity index (χ4n) is 4.01. The molecular weight excluding hydrogens is 369 g/mol. The summed E-state index contributed by atoms with van der Waals surface area (Å²) < 4.78 is 15.7. The predicted molar refractivity (Wildman–Crippen MR) is 111 cm³/mol. The van der Waals surface area contributed by atoms with Crippen LogP contribution in [-0.2, 0) is 6.54 Å². The first-order valence-corrected chi connectivity index (χ1v) is 10.0. The topological polar surface area (TPSA) is 54.3 Å². The molecule has 1 aromatic carbocycles. The van der Waals surface area contributed by atoms with Crippen molar-refractivity contribution in [2.75, 3.05) is 27.2 Å². The number of aryl methyl sites for hydroxylation is 1. The first-order valence-electron chi connectivity index (χ1n) is 10.0. The molecule has 1 atom stereocenters. The van der Waals surface area contributed by atoms with Crippen molar-refractivity contribution in [3.63, 3.8) is 0 Å². The molecule has 1 aliphatic heterocycles. The average Bonchev–Trinajstić information content (AvgIpc) is 3.35. The van der Waals surface area contributed by atoms with Crippen LogP contribution in [0, 0.1) is 5.82 Å². The van der Waals surface area contributed by atoms with Gasteiger partial charge in [0.15, 0.2) is 0 Å². The molecule has 29 heavy (non-hydrogen) atoms. The van der Waals surface area contributed by atoms with Gasteiger partial charge in [0.1, 0.15) is 5.82 Å². The van der Waals surface area contributed by atoms with Gasteiger partial charge >= 0.3 is 0 Å². The third-order valence-corrected chi connectivity index (χ3v) is 5.76. The quantitative estimate of drug-likeness (QED) is 0.664. The molecular formula is C22H26FN5O. The molecule has 3 heterocycles. The second-order valence-corrected chi connectivity index (χ2v) is 7.76. The van der Waals surface area contributed by atoms with Gasteiger partial charge in [0.2, 0.25) is 0 Å². The highest BCUT2D eigenvalue weighted by Crippen LogP contribution is 2.27. The maximum absolute atomic E-state index is 13.9. The Morgan fingerprint density at radius 3 is 2.86 bits per heavy atom. The molecule has 1 amide bonds. The van der Waals surface area contributed by atoms with Gasteiger partial charge in [-0.15, -0.1) is 0 Å². The van der Waals surface area contributed by atoms with E-state index in [-0.39, 0.29) is 11.7 Å². The average molecular weight is 395 g/mol. The summed E-state index contributed by atoms with van der Waals surface area (Å²) in [6, 6.07) is 6.57. The van der Waals surface area contributed by atoms with Gasteiger partial charge in [-0.2, -0.15) is 5.10 Å². The summed E-state index contributed by atoms with van der Waals surface area (Å²) in [4.78, 5) is 22.0. The third kappa shape index (κ3) is 3.87. The number of rotatable bonds is 5. The fourth-order valence-corrected chi connectivity index (χ4v) is 4.01. The monoisotopic (exact) mass is 395 g/mol. The number of fused-ring (bicyclic) bond motifs is 1. The van der Waals surface area contributed by atoms with Crippen LogP contribution in [0.3, 0.4) is 0 Å². The minimum absolute atomic E-state index is 0.0755. The molecule has 152 valence electrons. The number of aromatic nitrogens is 3. The molecule has 0 N–H and O–H groups in total. The summed E-state index contributed by atoms with van der Waals surface area (Å²) in [5, 5.41) is 4.96. The zero-order chi connectivity index (χ0) is 20.5. The number of pyridine rings is 1. The largest absolute Gasteiger partial charge is 0.340 e. The third-order valence-electron chi connectivity index (χ3n) is 5.76. The van der Waals surface area contributed by atoms with Crippen LogP contribution in [0.5, 0.6) is 0 Å². The van der Waals surface area contributed by atoms with Crippen molar-refractivity contribution in [3.05, 3.63) is 48.0 Å². The summed E-state index contributed by atoms with van der Waals surface area (Å²) in [6.07, 6.45) is 5.87. The van der Waals surface area contributed by atoms with E-state index in [2.05, 4.69) is 22.0 Å². The molecule has 6 nitrogen and oxygen atoms in total. The molecule has 1 fully saturated rings. The van der Waals surface area contributed by atoms with Gasteiger partial charge < -0.3 is 9.80 Å². The molecule has 0 aliphatic carbocycles. The van der Waals surface area contributed by atoms with Gasteiger partial charge in [0.25, 0.3) is 5.91 Å². The Morgan fingerprint density at radius 2 is 2.17 bits per heavy atom. The number of hydrogen-bond acceptors (Lipinski definition) is 4. The second-order valence-electron chi connectivity index (χ2n) is 7.76. The minimum Gasteiger partial charge on any atom is -0.340 e. The van der Waals surface area contributed by atoms with E-state index in [4.69, 9.17) is 0 Å². The first kappa shape index (κ1) is 19.5. The maximum Gasteiger partial charge on any atom is 0.254 e. The normalized spacial score (nSPS) is 17.2. The van der Waals surface area contributed by atoms with Gasteiger partial charge in [-0.25, -0.2) is 9.37 Å². The number of carbonyl (C=O) groups is 1. The highest BCUT2D eigenvalue weighted by Gasteiger charge is 2.25. The Kier molecular flexibility index (Phi) is 5.32. The van der Waals surface area contributed by atoms with Crippen molar-refractivity contribution >= 4 is 16.8 Å². The second kappa shape index (κ2) is 7.91. The summed E-state index contributed by atoms with van der Waals surface area (Å²) in [6.45, 7) is 4.48. The van der Waals surface area contributed by atoms with Crippen molar-refractivity contribution in [3.8, 4) is 11.3 Å². The highest BCUT2D eigenvalue weighted by molar-refractivity contribution is 6.07. The van der Waals surface area contributed by atoms with E-state index in [1.165, 1.54) is 12.1 Å². The number of carbonyl (C=O) groups excluding carboxylic acids is 1. The Balaban J connectivity index is 1.74. The van der Waals surface area contributed by atoms with E-state index < -0.39 is 0 Å². The number of benzene rings is 1. The van der Waals surface area contributed by atoms with Gasteiger partial charge in [-0.3, -0.25) is 9.48 Å². The zero-order valence-corrected chi connectivity index (χ0v) is 17.1. The molecule has 4 rings (SSSR count). The van der Waals surface area contributed by atoms with Crippen molar-refractivity contribution in [1.29, 1.82) is 0 Å². The number of amides is 1. The van der Waals surface area contributed by atoms with E-state index in [9.17, 15) is 9.18 Å². The standard InChI is InChI=1S/C22H26FN5O/c1-4-28-13-15(12-24-28)20-11-19(18-8-7-16(23)10-21(18)25-20)22(29)27(3)14-17-6-5-9-26(17)2/h7-8,10-13,17H,4-6,9,14H2,1-3H3/t17-/m1/s1. The summed E-state index contributed by atoms with van der Waals surface area (Å²) in [5.41, 5.74) is 2.45. The lowest BCUT2D eigenvalue weighted by molar-refractivity contribution is 0.0763. The van der Waals surface area contributed by atoms with Crippen LogP contribution in [0.2, 0.25) is 0 Å². The maximum atomic E-state index is 13.9. The smallest absolute Gasteiger partial charge is 0.254 e. The Bertz CT molecular complexity index is 1050. The molecule has 1 aliphatic rings. The van der Waals surface area contributed by atoms with Crippen molar-refractivity contribution in [1.82, 2.24) is 24.6 Å². The molecule has 1 saturated heterocycles. The molecule has 7 heteroatoms. The zero-order valence-electron chi connectivity index (χ0n) is 17.1. The number of likely N-dealkylation sites (tertiary alicyclic amines) is 1. The first-order chi connectivity index (χ1) is 14.0. The molecule has 2 aromatic heterocycles. The Hall–Kier alpha value is -2.80. The minimum atomic E-state index is -0.370. The summed E-state index contributed by atoms with van der Waals surface area (Å²) >= 11 is 0. The van der Waals surface area contributed by atoms with Crippen LogP contribution in [-0.4, -0.2) is 63.7 Å². The van der Waals surface area contributed by atoms with Crippen LogP contribution < -0.4 is 0 Å². The lowest BCUT2D eigenvalue weighted by atomic mass is 10.0. The SMILES string of the molecule is CCn1cc(-c2cc(C(=O)N(C)C[C@H]3CCCN3C)c3ccc(F)cc3n2)cn1. The number of nitrogens with zero attached hydrogens (tertiary/aromatic N) is 5. The molecule has 0 spiro atoms. The van der Waals surface area contributed by atoms with Crippen LogP contribution in [0.1, 0.15) is 30.1 Å². The van der Waals surface area contributed by atoms with Gasteiger partial charge in [-0.05, 0) is 51.6 Å². The van der Waals surface area contributed by atoms with Gasteiger partial charge in [0, 0.05) is 49.4 Å². The predicted octanol–water partition coefficient (Wildman–Crippen LogP) is 3.42. The van der Waals surface area contributed by atoms with E-state index in [1.807, 2.05) is 20.2 Å². The van der Waals surface area contributed by atoms with E-state index in [0.29, 0.717) is 34.7 Å². The molecule has 0 bridgehead atoms. The van der Waals surface area contributed by atoms with Crippen molar-refractivity contribution in [2.45, 2.75) is 32.4 Å². The number of likely N-dealkylation sites (N-methyl/N-ethyl adjacent to an activating group) is 2. The van der Waals surface area contributed by atoms with E-state index in [1.54, 1.807) is 27.9 Å². The lowest BCUT2D eigenvalue weighted by Crippen LogP contribution is -2.39. The van der Waals surface area contributed by atoms with Crippen LogP contribution in [0.4, 0.5) is 4.39 Å². The van der Waals surface area contributed by atoms with Crippen LogP contribution in [0.25, 0.3) is 22.2 Å². The van der Waals surface area contributed by atoms with Gasteiger partial charge in [0.05, 0.1) is 23.0 Å². The molecule has 0 unspecified atom stereocenters. The van der Waals surface area contributed by atoms with Gasteiger partial charge in [-0.1, -0.05) is 0 Å². The molecule has 0 saturated carbocycles. The fraction of sp³-hybridized carbons (Fsp3) is 0.409. The van der Waals surface area contributed by atoms with Crippen molar-refractivity contribution < 1.29 is 9.18 Å². The Labute approximate surface area is 169 Å². The van der Waals surface area contributed by atoms with Crippen LogP contribution in [0.15, 0.2) is 36.7 Å². The molecule has 0 radical (unpaired) electrons. The Morgan fingerprint density at radius 1 is 1.34 bits per heavy atom. The lowest BCUT2D eigenvalue weighted by Gasteiger charge is -2.26. The highest BCUT2D eigenvalue weighted by atomic mass is 19.1. The van der Waals surface area contributed by atoms with E-state index >= 15 is 0 Å².